The number of thioether (sulfide) groups is 1. The molecule has 4 aromatic rings. The standard InChI is InChI=1S/C33H30ClN3O5S/c1-21-9-10-25(19-28(21)34)35-31(38)20-43-27-14-11-24(12-15-27)36-33(40)29(37-32(39)22-7-5-4-6-8-22)18-23-17-26(41-2)13-16-30(23)42-3/h4-19H,20H2,1-3H3,(H,35,38)(H,36,40)(H,37,39)/b29-18-. The van der Waals surface area contributed by atoms with Gasteiger partial charge in [0, 0.05) is 32.4 Å². The van der Waals surface area contributed by atoms with E-state index in [1.807, 2.05) is 13.0 Å². The van der Waals surface area contributed by atoms with Crippen molar-refractivity contribution >= 4 is 58.5 Å². The lowest BCUT2D eigenvalue weighted by atomic mass is 10.1. The van der Waals surface area contributed by atoms with Crippen LogP contribution in [0.3, 0.4) is 0 Å². The molecule has 4 rings (SSSR count). The molecule has 43 heavy (non-hydrogen) atoms. The van der Waals surface area contributed by atoms with E-state index >= 15 is 0 Å². The van der Waals surface area contributed by atoms with E-state index < -0.39 is 11.8 Å². The van der Waals surface area contributed by atoms with Crippen LogP contribution in [-0.4, -0.2) is 37.7 Å². The molecule has 0 aromatic heterocycles. The van der Waals surface area contributed by atoms with E-state index in [2.05, 4.69) is 16.0 Å². The van der Waals surface area contributed by atoms with Crippen LogP contribution in [0.2, 0.25) is 5.02 Å². The van der Waals surface area contributed by atoms with Crippen LogP contribution in [-0.2, 0) is 9.59 Å². The molecule has 0 heterocycles. The number of anilines is 2. The largest absolute Gasteiger partial charge is 0.497 e. The first-order valence-electron chi connectivity index (χ1n) is 13.2. The van der Waals surface area contributed by atoms with Crippen molar-refractivity contribution in [3.63, 3.8) is 0 Å². The van der Waals surface area contributed by atoms with E-state index in [0.29, 0.717) is 39.0 Å². The van der Waals surface area contributed by atoms with Crippen molar-refractivity contribution in [3.8, 4) is 11.5 Å². The summed E-state index contributed by atoms with van der Waals surface area (Å²) in [5.74, 6) is 0.103. The summed E-state index contributed by atoms with van der Waals surface area (Å²) < 4.78 is 10.8. The maximum atomic E-state index is 13.4. The van der Waals surface area contributed by atoms with Gasteiger partial charge in [-0.15, -0.1) is 11.8 Å². The summed E-state index contributed by atoms with van der Waals surface area (Å²) >= 11 is 7.49. The van der Waals surface area contributed by atoms with Gasteiger partial charge in [-0.2, -0.15) is 0 Å². The Morgan fingerprint density at radius 3 is 2.23 bits per heavy atom. The number of methoxy groups -OCH3 is 2. The van der Waals surface area contributed by atoms with Crippen molar-refractivity contribution in [1.82, 2.24) is 5.32 Å². The fraction of sp³-hybridized carbons (Fsp3) is 0.121. The van der Waals surface area contributed by atoms with Gasteiger partial charge in [0.25, 0.3) is 11.8 Å². The normalized spacial score (nSPS) is 10.9. The van der Waals surface area contributed by atoms with E-state index in [-0.39, 0.29) is 17.4 Å². The maximum absolute atomic E-state index is 13.4. The molecule has 0 saturated heterocycles. The van der Waals surface area contributed by atoms with Crippen LogP contribution in [0.5, 0.6) is 11.5 Å². The van der Waals surface area contributed by atoms with Gasteiger partial charge in [0.05, 0.1) is 20.0 Å². The fourth-order valence-corrected chi connectivity index (χ4v) is 4.78. The second-order valence-corrected chi connectivity index (χ2v) is 10.7. The average Bonchev–Trinajstić information content (AvgIpc) is 3.02. The molecule has 0 aliphatic heterocycles. The summed E-state index contributed by atoms with van der Waals surface area (Å²) in [5.41, 5.74) is 3.02. The van der Waals surface area contributed by atoms with Crippen LogP contribution in [0.15, 0.2) is 102 Å². The topological polar surface area (TPSA) is 106 Å². The van der Waals surface area contributed by atoms with Gasteiger partial charge in [0.2, 0.25) is 5.91 Å². The summed E-state index contributed by atoms with van der Waals surface area (Å²) in [6.07, 6.45) is 1.53. The molecular formula is C33H30ClN3O5S. The Kier molecular flexibility index (Phi) is 10.9. The fourth-order valence-electron chi connectivity index (χ4n) is 3.90. The lowest BCUT2D eigenvalue weighted by Crippen LogP contribution is -2.30. The van der Waals surface area contributed by atoms with Crippen molar-refractivity contribution in [2.24, 2.45) is 0 Å². The van der Waals surface area contributed by atoms with Crippen molar-refractivity contribution in [1.29, 1.82) is 0 Å². The van der Waals surface area contributed by atoms with Crippen LogP contribution >= 0.6 is 23.4 Å². The van der Waals surface area contributed by atoms with E-state index in [4.69, 9.17) is 21.1 Å². The summed E-state index contributed by atoms with van der Waals surface area (Å²) in [7, 11) is 3.05. The zero-order valence-electron chi connectivity index (χ0n) is 23.8. The molecular weight excluding hydrogens is 586 g/mol. The average molecular weight is 616 g/mol. The third-order valence-corrected chi connectivity index (χ3v) is 7.62. The molecule has 0 bridgehead atoms. The number of ether oxygens (including phenoxy) is 2. The molecule has 10 heteroatoms. The molecule has 3 amide bonds. The molecule has 0 aliphatic carbocycles. The molecule has 220 valence electrons. The molecule has 3 N–H and O–H groups in total. The first kappa shape index (κ1) is 31.2. The van der Waals surface area contributed by atoms with Crippen molar-refractivity contribution in [2.45, 2.75) is 11.8 Å². The van der Waals surface area contributed by atoms with Crippen LogP contribution in [0, 0.1) is 6.92 Å². The van der Waals surface area contributed by atoms with E-state index in [1.165, 1.54) is 32.1 Å². The third kappa shape index (κ3) is 8.88. The minimum atomic E-state index is -0.536. The number of carbonyl (C=O) groups is 3. The Bertz CT molecular complexity index is 1640. The predicted molar refractivity (Wildman–Crippen MR) is 172 cm³/mol. The number of rotatable bonds is 11. The highest BCUT2D eigenvalue weighted by Gasteiger charge is 2.17. The Labute approximate surface area is 259 Å². The van der Waals surface area contributed by atoms with Gasteiger partial charge in [0.1, 0.15) is 17.2 Å². The van der Waals surface area contributed by atoms with Crippen molar-refractivity contribution < 1.29 is 23.9 Å². The smallest absolute Gasteiger partial charge is 0.272 e. The number of amides is 3. The van der Waals surface area contributed by atoms with Crippen LogP contribution in [0.4, 0.5) is 11.4 Å². The number of hydrogen-bond acceptors (Lipinski definition) is 6. The molecule has 0 saturated carbocycles. The van der Waals surface area contributed by atoms with Crippen LogP contribution in [0.1, 0.15) is 21.5 Å². The number of hydrogen-bond donors (Lipinski definition) is 3. The predicted octanol–water partition coefficient (Wildman–Crippen LogP) is 6.81. The van der Waals surface area contributed by atoms with Crippen molar-refractivity contribution in [2.75, 3.05) is 30.6 Å². The lowest BCUT2D eigenvalue weighted by Gasteiger charge is -2.13. The van der Waals surface area contributed by atoms with Gasteiger partial charge in [0.15, 0.2) is 0 Å². The van der Waals surface area contributed by atoms with E-state index in [1.54, 1.807) is 84.9 Å². The van der Waals surface area contributed by atoms with Gasteiger partial charge >= 0.3 is 0 Å². The first-order chi connectivity index (χ1) is 20.7. The Morgan fingerprint density at radius 1 is 0.837 bits per heavy atom. The van der Waals surface area contributed by atoms with E-state index in [9.17, 15) is 14.4 Å². The zero-order valence-corrected chi connectivity index (χ0v) is 25.3. The lowest BCUT2D eigenvalue weighted by molar-refractivity contribution is -0.114. The van der Waals surface area contributed by atoms with Gasteiger partial charge in [-0.3, -0.25) is 14.4 Å². The second kappa shape index (κ2) is 14.9. The molecule has 0 spiro atoms. The van der Waals surface area contributed by atoms with Crippen molar-refractivity contribution in [3.05, 3.63) is 118 Å². The molecule has 8 nitrogen and oxygen atoms in total. The molecule has 4 aromatic carbocycles. The molecule has 0 atom stereocenters. The highest BCUT2D eigenvalue weighted by Crippen LogP contribution is 2.27. The summed E-state index contributed by atoms with van der Waals surface area (Å²) in [6.45, 7) is 1.89. The van der Waals surface area contributed by atoms with Gasteiger partial charge in [-0.25, -0.2) is 0 Å². The minimum Gasteiger partial charge on any atom is -0.497 e. The highest BCUT2D eigenvalue weighted by atomic mass is 35.5. The number of halogens is 1. The zero-order chi connectivity index (χ0) is 30.8. The Balaban J connectivity index is 1.46. The molecule has 0 aliphatic rings. The summed E-state index contributed by atoms with van der Waals surface area (Å²) in [5, 5.41) is 8.96. The number of aryl methyl sites for hydroxylation is 1. The SMILES string of the molecule is COc1ccc(OC)c(/C=C(\NC(=O)c2ccccc2)C(=O)Nc2ccc(SCC(=O)Nc3ccc(C)c(Cl)c3)cc2)c1. The first-order valence-corrected chi connectivity index (χ1v) is 14.5. The highest BCUT2D eigenvalue weighted by molar-refractivity contribution is 8.00. The van der Waals surface area contributed by atoms with Crippen LogP contribution in [0.25, 0.3) is 6.08 Å². The van der Waals surface area contributed by atoms with Gasteiger partial charge in [-0.05, 0) is 85.3 Å². The van der Waals surface area contributed by atoms with Gasteiger partial charge < -0.3 is 25.4 Å². The number of nitrogens with one attached hydrogen (secondary N) is 3. The minimum absolute atomic E-state index is 0.00624. The number of carbonyl (C=O) groups excluding carboxylic acids is 3. The summed E-state index contributed by atoms with van der Waals surface area (Å²) in [4.78, 5) is 39.6. The van der Waals surface area contributed by atoms with Gasteiger partial charge in [-0.1, -0.05) is 35.9 Å². The monoisotopic (exact) mass is 615 g/mol. The second-order valence-electron chi connectivity index (χ2n) is 9.27. The Morgan fingerprint density at radius 2 is 1.56 bits per heavy atom. The Hall–Kier alpha value is -4.73. The quantitative estimate of drug-likeness (QED) is 0.126. The maximum Gasteiger partial charge on any atom is 0.272 e. The van der Waals surface area contributed by atoms with Crippen LogP contribution < -0.4 is 25.4 Å². The van der Waals surface area contributed by atoms with E-state index in [0.717, 1.165) is 10.5 Å². The molecule has 0 unspecified atom stereocenters. The third-order valence-electron chi connectivity index (χ3n) is 6.20. The molecule has 0 fully saturated rings. The number of benzene rings is 4. The molecule has 0 radical (unpaired) electrons. The summed E-state index contributed by atoms with van der Waals surface area (Å²) in [6, 6.07) is 26.2.